The largest absolute Gasteiger partial charge is 0.490 e. The van der Waals surface area contributed by atoms with Crippen LogP contribution in [0, 0.1) is 0 Å². The van der Waals surface area contributed by atoms with Crippen LogP contribution in [-0.4, -0.2) is 18.2 Å². The zero-order valence-electron chi connectivity index (χ0n) is 11.7. The highest BCUT2D eigenvalue weighted by atomic mass is 16.5. The molecule has 0 N–H and O–H groups in total. The van der Waals surface area contributed by atoms with Crippen LogP contribution in [0.5, 0.6) is 5.75 Å². The van der Waals surface area contributed by atoms with E-state index in [1.807, 2.05) is 26.0 Å². The average Bonchev–Trinajstić information content (AvgIpc) is 2.40. The molecule has 3 nitrogen and oxygen atoms in total. The second-order valence-corrected chi connectivity index (χ2v) is 5.36. The minimum Gasteiger partial charge on any atom is -0.490 e. The Kier molecular flexibility index (Phi) is 4.83. The van der Waals surface area contributed by atoms with E-state index in [0.29, 0.717) is 11.7 Å². The van der Waals surface area contributed by atoms with Crippen molar-refractivity contribution in [2.45, 2.75) is 58.2 Å². The van der Waals surface area contributed by atoms with E-state index < -0.39 is 0 Å². The van der Waals surface area contributed by atoms with E-state index in [2.05, 4.69) is 0 Å². The average molecular weight is 262 g/mol. The van der Waals surface area contributed by atoms with Gasteiger partial charge in [0.1, 0.15) is 5.75 Å². The molecule has 0 saturated heterocycles. The Bertz CT molecular complexity index is 403. The molecule has 0 bridgehead atoms. The Labute approximate surface area is 114 Å². The molecule has 1 aromatic carbocycles. The van der Waals surface area contributed by atoms with Gasteiger partial charge in [0, 0.05) is 0 Å². The van der Waals surface area contributed by atoms with Crippen molar-refractivity contribution >= 4 is 5.97 Å². The van der Waals surface area contributed by atoms with Gasteiger partial charge in [0.05, 0.1) is 17.8 Å². The SMILES string of the molecule is CC(C)OC(=O)c1ccc(OC2CCCCC2)cc1. The summed E-state index contributed by atoms with van der Waals surface area (Å²) in [5.41, 5.74) is 0.574. The number of ether oxygens (including phenoxy) is 2. The van der Waals surface area contributed by atoms with Gasteiger partial charge in [0.2, 0.25) is 0 Å². The van der Waals surface area contributed by atoms with E-state index in [-0.39, 0.29) is 12.1 Å². The molecule has 1 aliphatic carbocycles. The summed E-state index contributed by atoms with van der Waals surface area (Å²) < 4.78 is 11.1. The van der Waals surface area contributed by atoms with Crippen molar-refractivity contribution in [1.29, 1.82) is 0 Å². The van der Waals surface area contributed by atoms with Crippen LogP contribution in [-0.2, 0) is 4.74 Å². The maximum atomic E-state index is 11.7. The molecule has 19 heavy (non-hydrogen) atoms. The third kappa shape index (κ3) is 4.27. The van der Waals surface area contributed by atoms with Gasteiger partial charge < -0.3 is 9.47 Å². The van der Waals surface area contributed by atoms with Gasteiger partial charge >= 0.3 is 5.97 Å². The van der Waals surface area contributed by atoms with Gasteiger partial charge in [-0.2, -0.15) is 0 Å². The van der Waals surface area contributed by atoms with Crippen LogP contribution in [0.3, 0.4) is 0 Å². The van der Waals surface area contributed by atoms with E-state index in [9.17, 15) is 4.79 Å². The van der Waals surface area contributed by atoms with Crippen LogP contribution >= 0.6 is 0 Å². The number of rotatable bonds is 4. The molecule has 0 heterocycles. The van der Waals surface area contributed by atoms with Crippen molar-refractivity contribution in [3.8, 4) is 5.75 Å². The van der Waals surface area contributed by atoms with Crippen molar-refractivity contribution in [2.24, 2.45) is 0 Å². The van der Waals surface area contributed by atoms with E-state index in [1.165, 1.54) is 19.3 Å². The smallest absolute Gasteiger partial charge is 0.338 e. The topological polar surface area (TPSA) is 35.5 Å². The molecule has 1 aliphatic rings. The van der Waals surface area contributed by atoms with Gasteiger partial charge in [0.25, 0.3) is 0 Å². The van der Waals surface area contributed by atoms with E-state index in [0.717, 1.165) is 18.6 Å². The lowest BCUT2D eigenvalue weighted by molar-refractivity contribution is 0.0378. The third-order valence-electron chi connectivity index (χ3n) is 3.29. The zero-order chi connectivity index (χ0) is 13.7. The highest BCUT2D eigenvalue weighted by Crippen LogP contribution is 2.23. The fourth-order valence-electron chi connectivity index (χ4n) is 2.33. The predicted octanol–water partition coefficient (Wildman–Crippen LogP) is 3.96. The highest BCUT2D eigenvalue weighted by molar-refractivity contribution is 5.89. The maximum Gasteiger partial charge on any atom is 0.338 e. The first-order chi connectivity index (χ1) is 9.15. The van der Waals surface area contributed by atoms with Gasteiger partial charge in [-0.25, -0.2) is 4.79 Å². The molecule has 0 aromatic heterocycles. The van der Waals surface area contributed by atoms with Crippen molar-refractivity contribution in [3.05, 3.63) is 29.8 Å². The summed E-state index contributed by atoms with van der Waals surface area (Å²) in [6.45, 7) is 3.69. The van der Waals surface area contributed by atoms with Crippen LogP contribution in [0.25, 0.3) is 0 Å². The van der Waals surface area contributed by atoms with Crippen LogP contribution in [0.4, 0.5) is 0 Å². The number of hydrogen-bond donors (Lipinski definition) is 0. The molecule has 3 heteroatoms. The molecule has 1 aromatic rings. The number of carbonyl (C=O) groups excluding carboxylic acids is 1. The molecule has 0 radical (unpaired) electrons. The Morgan fingerprint density at radius 1 is 1.11 bits per heavy atom. The van der Waals surface area contributed by atoms with E-state index >= 15 is 0 Å². The summed E-state index contributed by atoms with van der Waals surface area (Å²) in [6.07, 6.45) is 6.34. The Hall–Kier alpha value is -1.51. The van der Waals surface area contributed by atoms with Gasteiger partial charge in [-0.05, 0) is 63.8 Å². The normalized spacial score (nSPS) is 16.4. The Morgan fingerprint density at radius 2 is 1.74 bits per heavy atom. The first kappa shape index (κ1) is 13.9. The standard InChI is InChI=1S/C16H22O3/c1-12(2)18-16(17)13-8-10-15(11-9-13)19-14-6-4-3-5-7-14/h8-12,14H,3-7H2,1-2H3. The van der Waals surface area contributed by atoms with Crippen molar-refractivity contribution in [3.63, 3.8) is 0 Å². The van der Waals surface area contributed by atoms with Crippen LogP contribution in [0.1, 0.15) is 56.3 Å². The number of benzene rings is 1. The summed E-state index contributed by atoms with van der Waals surface area (Å²) in [4.78, 5) is 11.7. The van der Waals surface area contributed by atoms with Gasteiger partial charge in [0.15, 0.2) is 0 Å². The van der Waals surface area contributed by atoms with Gasteiger partial charge in [-0.1, -0.05) is 6.42 Å². The second-order valence-electron chi connectivity index (χ2n) is 5.36. The van der Waals surface area contributed by atoms with Crippen LogP contribution < -0.4 is 4.74 Å². The number of esters is 1. The monoisotopic (exact) mass is 262 g/mol. The molecule has 2 rings (SSSR count). The lowest BCUT2D eigenvalue weighted by atomic mass is 9.98. The summed E-state index contributed by atoms with van der Waals surface area (Å²) in [6, 6.07) is 7.24. The van der Waals surface area contributed by atoms with Crippen LogP contribution in [0.2, 0.25) is 0 Å². The number of carbonyl (C=O) groups is 1. The molecule has 0 unspecified atom stereocenters. The van der Waals surface area contributed by atoms with Crippen molar-refractivity contribution < 1.29 is 14.3 Å². The van der Waals surface area contributed by atoms with Gasteiger partial charge in [-0.3, -0.25) is 0 Å². The zero-order valence-corrected chi connectivity index (χ0v) is 11.7. The lowest BCUT2D eigenvalue weighted by Crippen LogP contribution is -2.19. The molecule has 1 saturated carbocycles. The molecule has 1 fully saturated rings. The predicted molar refractivity (Wildman–Crippen MR) is 74.5 cm³/mol. The molecule has 0 amide bonds. The Balaban J connectivity index is 1.92. The first-order valence-electron chi connectivity index (χ1n) is 7.13. The lowest BCUT2D eigenvalue weighted by Gasteiger charge is -2.23. The minimum atomic E-state index is -0.279. The van der Waals surface area contributed by atoms with Crippen LogP contribution in [0.15, 0.2) is 24.3 Å². The first-order valence-corrected chi connectivity index (χ1v) is 7.13. The van der Waals surface area contributed by atoms with E-state index in [4.69, 9.17) is 9.47 Å². The fourth-order valence-corrected chi connectivity index (χ4v) is 2.33. The molecule has 0 spiro atoms. The molecular formula is C16H22O3. The molecule has 0 atom stereocenters. The van der Waals surface area contributed by atoms with Gasteiger partial charge in [-0.15, -0.1) is 0 Å². The third-order valence-corrected chi connectivity index (χ3v) is 3.29. The summed E-state index contributed by atoms with van der Waals surface area (Å²) in [7, 11) is 0. The van der Waals surface area contributed by atoms with Crippen molar-refractivity contribution in [1.82, 2.24) is 0 Å². The Morgan fingerprint density at radius 3 is 2.32 bits per heavy atom. The molecule has 104 valence electrons. The maximum absolute atomic E-state index is 11.7. The van der Waals surface area contributed by atoms with Crippen molar-refractivity contribution in [2.75, 3.05) is 0 Å². The summed E-state index contributed by atoms with van der Waals surface area (Å²) >= 11 is 0. The minimum absolute atomic E-state index is 0.0920. The molecular weight excluding hydrogens is 240 g/mol. The molecule has 0 aliphatic heterocycles. The summed E-state index contributed by atoms with van der Waals surface area (Å²) in [5, 5.41) is 0. The quantitative estimate of drug-likeness (QED) is 0.770. The van der Waals surface area contributed by atoms with E-state index in [1.54, 1.807) is 12.1 Å². The number of hydrogen-bond acceptors (Lipinski definition) is 3. The highest BCUT2D eigenvalue weighted by Gasteiger charge is 2.15. The summed E-state index contributed by atoms with van der Waals surface area (Å²) in [5.74, 6) is 0.562. The second kappa shape index (κ2) is 6.60. The fraction of sp³-hybridized carbons (Fsp3) is 0.562.